The maximum absolute atomic E-state index is 11.8. The van der Waals surface area contributed by atoms with Gasteiger partial charge in [-0.1, -0.05) is 58.4 Å². The van der Waals surface area contributed by atoms with Gasteiger partial charge in [0, 0.05) is 23.5 Å². The molecule has 2 aromatic carbocycles. The van der Waals surface area contributed by atoms with Gasteiger partial charge in [-0.2, -0.15) is 0 Å². The smallest absolute Gasteiger partial charge is 0.307 e. The van der Waals surface area contributed by atoms with E-state index in [0.29, 0.717) is 19.6 Å². The number of hydrogen-bond donors (Lipinski definition) is 1. The largest absolute Gasteiger partial charge is 0.481 e. The predicted octanol–water partition coefficient (Wildman–Crippen LogP) is 3.86. The van der Waals surface area contributed by atoms with Gasteiger partial charge in [-0.05, 0) is 29.7 Å². The topological polar surface area (TPSA) is 49.8 Å². The number of likely N-dealkylation sites (tertiary alicyclic amines) is 1. The average molecular weight is 416 g/mol. The third-order valence-electron chi connectivity index (χ3n) is 5.81. The highest BCUT2D eigenvalue weighted by molar-refractivity contribution is 9.10. The van der Waals surface area contributed by atoms with Crippen LogP contribution in [0.1, 0.15) is 23.5 Å². The molecule has 2 aromatic rings. The van der Waals surface area contributed by atoms with Crippen molar-refractivity contribution in [2.75, 3.05) is 26.3 Å². The summed E-state index contributed by atoms with van der Waals surface area (Å²) in [6.45, 7) is 2.82. The van der Waals surface area contributed by atoms with Crippen molar-refractivity contribution >= 4 is 21.9 Å². The number of nitrogens with zero attached hydrogens (tertiary/aromatic N) is 1. The van der Waals surface area contributed by atoms with Crippen molar-refractivity contribution < 1.29 is 14.6 Å². The lowest BCUT2D eigenvalue weighted by molar-refractivity contribution is -0.164. The highest BCUT2D eigenvalue weighted by atomic mass is 79.9. The van der Waals surface area contributed by atoms with Gasteiger partial charge in [0.05, 0.1) is 24.7 Å². The Morgan fingerprint density at radius 1 is 1.15 bits per heavy atom. The number of carboxylic acids is 1. The second-order valence-electron chi connectivity index (χ2n) is 7.23. The van der Waals surface area contributed by atoms with Crippen LogP contribution in [0.4, 0.5) is 0 Å². The average Bonchev–Trinajstić information content (AvgIpc) is 2.61. The molecule has 136 valence electrons. The molecule has 0 amide bonds. The van der Waals surface area contributed by atoms with Gasteiger partial charge in [0.15, 0.2) is 0 Å². The first-order valence-corrected chi connectivity index (χ1v) is 9.76. The number of aliphatic carboxylic acids is 1. The summed E-state index contributed by atoms with van der Waals surface area (Å²) in [5, 5.41) is 9.73. The summed E-state index contributed by atoms with van der Waals surface area (Å²) in [6.07, 6.45) is 0.657. The zero-order valence-electron chi connectivity index (χ0n) is 14.5. The lowest BCUT2D eigenvalue weighted by Crippen LogP contribution is -2.62. The summed E-state index contributed by atoms with van der Waals surface area (Å²) >= 11 is 3.57. The molecule has 2 aliphatic rings. The molecule has 1 N–H and O–H groups in total. The van der Waals surface area contributed by atoms with Gasteiger partial charge in [0.25, 0.3) is 0 Å². The van der Waals surface area contributed by atoms with Crippen molar-refractivity contribution in [1.29, 1.82) is 0 Å². The van der Waals surface area contributed by atoms with Crippen molar-refractivity contribution in [3.8, 4) is 0 Å². The summed E-state index contributed by atoms with van der Waals surface area (Å²) < 4.78 is 6.68. The number of rotatable bonds is 4. The number of piperidine rings is 1. The zero-order chi connectivity index (χ0) is 18.1. The monoisotopic (exact) mass is 415 g/mol. The number of carbonyl (C=O) groups is 1. The standard InChI is InChI=1S/C21H22BrNO3/c22-17-8-4-7-16(11-17)21(13-26-14-21)23-10-9-18(20(24)25)19(12-23)15-5-2-1-3-6-15/h1-8,11,18-19H,9-10,12-14H2,(H,24,25). The summed E-state index contributed by atoms with van der Waals surface area (Å²) in [5.74, 6) is -1.04. The van der Waals surface area contributed by atoms with Crippen LogP contribution in [0.2, 0.25) is 0 Å². The van der Waals surface area contributed by atoms with Crippen LogP contribution in [0.5, 0.6) is 0 Å². The molecule has 4 rings (SSSR count). The minimum Gasteiger partial charge on any atom is -0.481 e. The van der Waals surface area contributed by atoms with Crippen molar-refractivity contribution in [2.45, 2.75) is 17.9 Å². The van der Waals surface area contributed by atoms with E-state index in [-0.39, 0.29) is 17.4 Å². The molecule has 2 unspecified atom stereocenters. The first-order chi connectivity index (χ1) is 12.6. The number of hydrogen-bond acceptors (Lipinski definition) is 3. The van der Waals surface area contributed by atoms with Crippen molar-refractivity contribution in [3.63, 3.8) is 0 Å². The van der Waals surface area contributed by atoms with Gasteiger partial charge in [0.1, 0.15) is 0 Å². The minimum atomic E-state index is -0.695. The first kappa shape index (κ1) is 17.7. The van der Waals surface area contributed by atoms with E-state index in [1.165, 1.54) is 5.56 Å². The molecule has 2 aliphatic heterocycles. The molecule has 0 aliphatic carbocycles. The van der Waals surface area contributed by atoms with Crippen molar-refractivity contribution in [1.82, 2.24) is 4.90 Å². The lowest BCUT2D eigenvalue weighted by atomic mass is 9.77. The van der Waals surface area contributed by atoms with E-state index in [9.17, 15) is 9.90 Å². The first-order valence-electron chi connectivity index (χ1n) is 8.97. The van der Waals surface area contributed by atoms with Crippen LogP contribution in [-0.4, -0.2) is 42.3 Å². The fourth-order valence-electron chi connectivity index (χ4n) is 4.28. The van der Waals surface area contributed by atoms with E-state index in [1.54, 1.807) is 0 Å². The van der Waals surface area contributed by atoms with Gasteiger partial charge >= 0.3 is 5.97 Å². The Kier molecular flexibility index (Phi) is 4.86. The quantitative estimate of drug-likeness (QED) is 0.823. The molecular formula is C21H22BrNO3. The molecule has 5 heteroatoms. The van der Waals surface area contributed by atoms with E-state index in [0.717, 1.165) is 23.1 Å². The molecule has 2 atom stereocenters. The van der Waals surface area contributed by atoms with Gasteiger partial charge < -0.3 is 9.84 Å². The molecular weight excluding hydrogens is 394 g/mol. The molecule has 2 heterocycles. The SMILES string of the molecule is O=C(O)C1CCN(C2(c3cccc(Br)c3)COC2)CC1c1ccccc1. The number of benzene rings is 2. The summed E-state index contributed by atoms with van der Waals surface area (Å²) in [7, 11) is 0. The Labute approximate surface area is 161 Å². The Balaban J connectivity index is 1.66. The van der Waals surface area contributed by atoms with Crippen molar-refractivity contribution in [3.05, 3.63) is 70.2 Å². The van der Waals surface area contributed by atoms with Crippen LogP contribution in [0.25, 0.3) is 0 Å². The summed E-state index contributed by atoms with van der Waals surface area (Å²) in [4.78, 5) is 14.3. The Hall–Kier alpha value is -1.69. The minimum absolute atomic E-state index is 0.00734. The number of ether oxygens (including phenoxy) is 1. The van der Waals surface area contributed by atoms with Gasteiger partial charge in [-0.3, -0.25) is 9.69 Å². The number of halogens is 1. The normalized spacial score (nSPS) is 25.4. The van der Waals surface area contributed by atoms with Crippen LogP contribution < -0.4 is 0 Å². The van der Waals surface area contributed by atoms with E-state index in [1.807, 2.05) is 36.4 Å². The molecule has 0 spiro atoms. The van der Waals surface area contributed by atoms with Crippen LogP contribution in [0, 0.1) is 5.92 Å². The zero-order valence-corrected chi connectivity index (χ0v) is 16.1. The second-order valence-corrected chi connectivity index (χ2v) is 8.15. The fraction of sp³-hybridized carbons (Fsp3) is 0.381. The van der Waals surface area contributed by atoms with Crippen LogP contribution >= 0.6 is 15.9 Å². The van der Waals surface area contributed by atoms with Gasteiger partial charge in [-0.15, -0.1) is 0 Å². The van der Waals surface area contributed by atoms with E-state index < -0.39 is 5.97 Å². The highest BCUT2D eigenvalue weighted by Crippen LogP contribution is 2.43. The third kappa shape index (κ3) is 3.08. The van der Waals surface area contributed by atoms with E-state index >= 15 is 0 Å². The Bertz CT molecular complexity index is 791. The molecule has 26 heavy (non-hydrogen) atoms. The maximum Gasteiger partial charge on any atom is 0.307 e. The Morgan fingerprint density at radius 3 is 2.54 bits per heavy atom. The summed E-state index contributed by atoms with van der Waals surface area (Å²) in [5.41, 5.74) is 2.19. The molecule has 2 saturated heterocycles. The lowest BCUT2D eigenvalue weighted by Gasteiger charge is -2.53. The molecule has 0 aromatic heterocycles. The maximum atomic E-state index is 11.8. The van der Waals surface area contributed by atoms with E-state index in [2.05, 4.69) is 39.0 Å². The summed E-state index contributed by atoms with van der Waals surface area (Å²) in [6, 6.07) is 18.4. The Morgan fingerprint density at radius 2 is 1.92 bits per heavy atom. The molecule has 4 nitrogen and oxygen atoms in total. The van der Waals surface area contributed by atoms with E-state index in [4.69, 9.17) is 4.74 Å². The molecule has 0 saturated carbocycles. The predicted molar refractivity (Wildman–Crippen MR) is 103 cm³/mol. The van der Waals surface area contributed by atoms with Crippen LogP contribution in [0.15, 0.2) is 59.1 Å². The highest BCUT2D eigenvalue weighted by Gasteiger charge is 2.49. The number of carboxylic acid groups (broad SMARTS) is 1. The van der Waals surface area contributed by atoms with Crippen LogP contribution in [0.3, 0.4) is 0 Å². The van der Waals surface area contributed by atoms with Gasteiger partial charge in [0.2, 0.25) is 0 Å². The van der Waals surface area contributed by atoms with Crippen molar-refractivity contribution in [2.24, 2.45) is 5.92 Å². The fourth-order valence-corrected chi connectivity index (χ4v) is 4.68. The molecule has 0 bridgehead atoms. The van der Waals surface area contributed by atoms with Gasteiger partial charge in [-0.25, -0.2) is 0 Å². The molecule has 2 fully saturated rings. The third-order valence-corrected chi connectivity index (χ3v) is 6.30. The second kappa shape index (κ2) is 7.14. The molecule has 0 radical (unpaired) electrons. The van der Waals surface area contributed by atoms with Crippen LogP contribution in [-0.2, 0) is 15.1 Å².